The van der Waals surface area contributed by atoms with Gasteiger partial charge in [-0.3, -0.25) is 14.1 Å². The molecule has 2 atom stereocenters. The van der Waals surface area contributed by atoms with Crippen molar-refractivity contribution in [2.45, 2.75) is 25.4 Å². The molecule has 2 aromatic rings. The number of hydrogen-bond acceptors (Lipinski definition) is 4. The monoisotopic (exact) mass is 389 g/mol. The van der Waals surface area contributed by atoms with E-state index >= 15 is 0 Å². The minimum Gasteiger partial charge on any atom is -0.331 e. The molecule has 5 heterocycles. The summed E-state index contributed by atoms with van der Waals surface area (Å²) < 4.78 is 1.47. The lowest BCUT2D eigenvalue weighted by molar-refractivity contribution is 0.121. The second kappa shape index (κ2) is 7.13. The van der Waals surface area contributed by atoms with Gasteiger partial charge in [-0.05, 0) is 30.9 Å². The van der Waals surface area contributed by atoms with Gasteiger partial charge in [0.15, 0.2) is 0 Å². The average molecular weight is 390 g/mol. The summed E-state index contributed by atoms with van der Waals surface area (Å²) in [6.45, 7) is 3.09. The first-order chi connectivity index (χ1) is 12.9. The molecule has 2 aromatic heterocycles. The average Bonchev–Trinajstić information content (AvgIpc) is 2.93. The number of nitrogens with zero attached hydrogens (tertiary/aromatic N) is 5. The zero-order valence-electron chi connectivity index (χ0n) is 15.6. The van der Waals surface area contributed by atoms with Gasteiger partial charge in [0.2, 0.25) is 0 Å². The van der Waals surface area contributed by atoms with Gasteiger partial charge in [0.1, 0.15) is 5.65 Å². The number of rotatable bonds is 2. The Labute approximate surface area is 163 Å². The largest absolute Gasteiger partial charge is 0.331 e. The van der Waals surface area contributed by atoms with Crippen LogP contribution in [0.15, 0.2) is 29.2 Å². The molecule has 0 saturated carbocycles. The SMILES string of the molecule is CN(C)C(=O)N1C[C@@H]2CC[C@H](C1)N(Cc1cc(=O)n3cc(Cl)ccc3n1)C2. The van der Waals surface area contributed by atoms with Crippen LogP contribution in [0.25, 0.3) is 5.65 Å². The number of amides is 2. The molecule has 2 bridgehead atoms. The van der Waals surface area contributed by atoms with E-state index in [2.05, 4.69) is 9.88 Å². The van der Waals surface area contributed by atoms with Crippen LogP contribution in [0.2, 0.25) is 5.02 Å². The number of aromatic nitrogens is 2. The molecule has 0 aliphatic carbocycles. The van der Waals surface area contributed by atoms with Crippen molar-refractivity contribution in [1.82, 2.24) is 24.1 Å². The Morgan fingerprint density at radius 3 is 2.85 bits per heavy atom. The second-order valence-electron chi connectivity index (χ2n) is 7.77. The third-order valence-corrected chi connectivity index (χ3v) is 5.75. The molecule has 3 aliphatic heterocycles. The van der Waals surface area contributed by atoms with E-state index in [0.29, 0.717) is 29.2 Å². The van der Waals surface area contributed by atoms with E-state index in [4.69, 9.17) is 11.6 Å². The first-order valence-corrected chi connectivity index (χ1v) is 9.66. The van der Waals surface area contributed by atoms with Gasteiger partial charge in [-0.25, -0.2) is 9.78 Å². The van der Waals surface area contributed by atoms with E-state index in [1.54, 1.807) is 43.4 Å². The maximum absolute atomic E-state index is 12.4. The molecular weight excluding hydrogens is 366 g/mol. The Kier molecular flexibility index (Phi) is 4.82. The molecule has 3 aliphatic rings. The van der Waals surface area contributed by atoms with E-state index in [1.165, 1.54) is 4.40 Å². The lowest BCUT2D eigenvalue weighted by Gasteiger charge is -2.35. The summed E-state index contributed by atoms with van der Waals surface area (Å²) in [5, 5.41) is 0.509. The van der Waals surface area contributed by atoms with Crippen molar-refractivity contribution >= 4 is 23.3 Å². The Bertz CT molecular complexity index is 928. The normalized spacial score (nSPS) is 22.9. The smallest absolute Gasteiger partial charge is 0.319 e. The quantitative estimate of drug-likeness (QED) is 0.787. The molecule has 2 amide bonds. The van der Waals surface area contributed by atoms with Crippen LogP contribution >= 0.6 is 11.6 Å². The van der Waals surface area contributed by atoms with Gasteiger partial charge in [0, 0.05) is 58.6 Å². The Balaban J connectivity index is 1.56. The van der Waals surface area contributed by atoms with E-state index in [9.17, 15) is 9.59 Å². The van der Waals surface area contributed by atoms with E-state index in [0.717, 1.165) is 38.2 Å². The minimum atomic E-state index is -0.123. The summed E-state index contributed by atoms with van der Waals surface area (Å²) in [4.78, 5) is 35.5. The Morgan fingerprint density at radius 2 is 2.07 bits per heavy atom. The molecule has 8 heteroatoms. The molecule has 3 saturated heterocycles. The van der Waals surface area contributed by atoms with Crippen molar-refractivity contribution in [3.63, 3.8) is 0 Å². The van der Waals surface area contributed by atoms with Crippen molar-refractivity contribution < 1.29 is 4.79 Å². The van der Waals surface area contributed by atoms with Gasteiger partial charge < -0.3 is 9.80 Å². The zero-order chi connectivity index (χ0) is 19.1. The fourth-order valence-corrected chi connectivity index (χ4v) is 4.39. The number of pyridine rings is 1. The standard InChI is InChI=1S/C19H24ClN5O2/c1-22(2)19(27)24-9-13-3-5-16(12-24)23(8-13)11-15-7-18(26)25-10-14(20)4-6-17(25)21-15/h4,6-7,10,13,16H,3,5,8-9,11-12H2,1-2H3/t13-,16-/m1/s1. The molecule has 0 aromatic carbocycles. The van der Waals surface area contributed by atoms with Crippen molar-refractivity contribution in [3.8, 4) is 0 Å². The highest BCUT2D eigenvalue weighted by molar-refractivity contribution is 6.30. The molecule has 0 spiro atoms. The molecule has 0 radical (unpaired) electrons. The summed E-state index contributed by atoms with van der Waals surface area (Å²) in [5.41, 5.74) is 1.24. The highest BCUT2D eigenvalue weighted by atomic mass is 35.5. The van der Waals surface area contributed by atoms with Crippen LogP contribution in [0.4, 0.5) is 4.79 Å². The summed E-state index contributed by atoms with van der Waals surface area (Å²) in [7, 11) is 3.59. The van der Waals surface area contributed by atoms with Crippen molar-refractivity contribution in [3.05, 3.63) is 45.5 Å². The number of carbonyl (C=O) groups is 1. The van der Waals surface area contributed by atoms with Crippen LogP contribution in [0, 0.1) is 5.92 Å². The van der Waals surface area contributed by atoms with Gasteiger partial charge in [0.05, 0.1) is 10.7 Å². The molecule has 27 heavy (non-hydrogen) atoms. The summed E-state index contributed by atoms with van der Waals surface area (Å²) >= 11 is 5.98. The fraction of sp³-hybridized carbons (Fsp3) is 0.526. The molecule has 3 fully saturated rings. The van der Waals surface area contributed by atoms with E-state index < -0.39 is 0 Å². The van der Waals surface area contributed by atoms with Gasteiger partial charge in [-0.15, -0.1) is 0 Å². The molecule has 5 rings (SSSR count). The molecule has 144 valence electrons. The Morgan fingerprint density at radius 1 is 1.26 bits per heavy atom. The minimum absolute atomic E-state index is 0.0766. The maximum Gasteiger partial charge on any atom is 0.319 e. The van der Waals surface area contributed by atoms with Crippen LogP contribution in [0.5, 0.6) is 0 Å². The third-order valence-electron chi connectivity index (χ3n) is 5.52. The second-order valence-corrected chi connectivity index (χ2v) is 8.21. The van der Waals surface area contributed by atoms with Gasteiger partial charge in [-0.2, -0.15) is 0 Å². The van der Waals surface area contributed by atoms with Crippen LogP contribution in [0.1, 0.15) is 18.5 Å². The van der Waals surface area contributed by atoms with Gasteiger partial charge in [-0.1, -0.05) is 11.6 Å². The topological polar surface area (TPSA) is 61.2 Å². The first-order valence-electron chi connectivity index (χ1n) is 9.29. The molecule has 7 nitrogen and oxygen atoms in total. The number of piperidine rings is 1. The maximum atomic E-state index is 12.4. The van der Waals surface area contributed by atoms with Crippen LogP contribution in [-0.2, 0) is 6.54 Å². The third kappa shape index (κ3) is 3.66. The number of fused-ring (bicyclic) bond motifs is 5. The van der Waals surface area contributed by atoms with Gasteiger partial charge in [0.25, 0.3) is 5.56 Å². The molecule has 0 N–H and O–H groups in total. The van der Waals surface area contributed by atoms with Crippen molar-refractivity contribution in [2.24, 2.45) is 5.92 Å². The Hall–Kier alpha value is -2.12. The first kappa shape index (κ1) is 18.3. The van der Waals surface area contributed by atoms with E-state index in [1.807, 2.05) is 4.90 Å². The summed E-state index contributed by atoms with van der Waals surface area (Å²) in [5.74, 6) is 0.466. The van der Waals surface area contributed by atoms with Crippen LogP contribution in [0.3, 0.4) is 0 Å². The number of halogens is 1. The van der Waals surface area contributed by atoms with Crippen LogP contribution < -0.4 is 5.56 Å². The number of carbonyl (C=O) groups excluding carboxylic acids is 1. The lowest BCUT2D eigenvalue weighted by Crippen LogP contribution is -2.45. The summed E-state index contributed by atoms with van der Waals surface area (Å²) in [6.07, 6.45) is 3.81. The molecule has 0 unspecified atom stereocenters. The van der Waals surface area contributed by atoms with Crippen molar-refractivity contribution in [2.75, 3.05) is 33.7 Å². The van der Waals surface area contributed by atoms with Crippen molar-refractivity contribution in [1.29, 1.82) is 0 Å². The highest BCUT2D eigenvalue weighted by Gasteiger charge is 2.36. The van der Waals surface area contributed by atoms with E-state index in [-0.39, 0.29) is 11.6 Å². The fourth-order valence-electron chi connectivity index (χ4n) is 4.23. The van der Waals surface area contributed by atoms with Crippen LogP contribution in [-0.4, -0.2) is 69.9 Å². The zero-order valence-corrected chi connectivity index (χ0v) is 16.4. The predicted octanol–water partition coefficient (Wildman–Crippen LogP) is 1.93. The molecular formula is C19H24ClN5O2. The predicted molar refractivity (Wildman–Crippen MR) is 104 cm³/mol. The number of urea groups is 1. The number of hydrogen-bond donors (Lipinski definition) is 0. The highest BCUT2D eigenvalue weighted by Crippen LogP contribution is 2.29. The lowest BCUT2D eigenvalue weighted by atomic mass is 9.95. The van der Waals surface area contributed by atoms with Gasteiger partial charge >= 0.3 is 6.03 Å². The summed E-state index contributed by atoms with van der Waals surface area (Å²) in [6, 6.07) is 5.47.